The number of aryl methyl sites for hydroxylation is 5. The number of carboxylic acids is 2. The highest BCUT2D eigenvalue weighted by Gasteiger charge is 2.16. The number of nitrogens with one attached hydrogen (secondary N) is 2. The number of carbonyl (C=O) groups is 4. The number of aliphatic carboxylic acids is 2. The van der Waals surface area contributed by atoms with Crippen LogP contribution >= 0.6 is 62.1 Å². The summed E-state index contributed by atoms with van der Waals surface area (Å²) >= 11 is 24.5. The number of fused-ring (bicyclic) bond motifs is 3. The lowest BCUT2D eigenvalue weighted by atomic mass is 10.1. The predicted octanol–water partition coefficient (Wildman–Crippen LogP) is 18.1. The van der Waals surface area contributed by atoms with E-state index in [4.69, 9.17) is 104 Å². The first-order chi connectivity index (χ1) is 51.7. The molecule has 0 radical (unpaired) electrons. The number of H-pyrrole nitrogens is 1. The van der Waals surface area contributed by atoms with Crippen LogP contribution in [0.3, 0.4) is 0 Å². The van der Waals surface area contributed by atoms with Crippen molar-refractivity contribution in [2.24, 2.45) is 0 Å². The molecule has 1 amide bonds. The Morgan fingerprint density at radius 3 is 1.43 bits per heavy atom. The molecule has 0 bridgehead atoms. The van der Waals surface area contributed by atoms with E-state index in [0.29, 0.717) is 52.0 Å². The summed E-state index contributed by atoms with van der Waals surface area (Å²) in [5.41, 5.74) is 14.3. The second kappa shape index (κ2) is 48.8. The quantitative estimate of drug-likeness (QED) is 0.00752. The average Bonchev–Trinajstić information content (AvgIpc) is 0.818. The van der Waals surface area contributed by atoms with Crippen molar-refractivity contribution < 1.29 is 99.2 Å². The third kappa shape index (κ3) is 36.6. The van der Waals surface area contributed by atoms with Crippen LogP contribution in [-0.2, 0) is 38.9 Å². The molecule has 3 heterocycles. The third-order valence-electron chi connectivity index (χ3n) is 13.7. The maximum atomic E-state index is 11.5. The number of nitrogen functional groups attached to an aromatic ring is 1. The number of aromatic nitrogens is 3. The molecule has 0 spiro atoms. The van der Waals surface area contributed by atoms with Crippen molar-refractivity contribution in [3.05, 3.63) is 226 Å². The molecule has 0 aliphatic rings. The molecule has 0 aliphatic heterocycles. The molecule has 27 nitrogen and oxygen atoms in total. The first-order valence-electron chi connectivity index (χ1n) is 32.1. The number of amides is 1. The Kier molecular flexibility index (Phi) is 42.4. The molecule has 0 fully saturated rings. The number of carbonyl (C=O) groups excluding carboxylic acids is 2. The molecule has 592 valence electrons. The molecule has 2 unspecified atom stereocenters. The maximum Gasteiger partial charge on any atom is 0.394 e. The number of halogens is 5. The molecule has 10 rings (SSSR count). The Hall–Kier alpha value is -10.5. The molecular formula is C76H85Cl5N5O22PS. The number of hydrogen-bond acceptors (Lipinski definition) is 21. The largest absolute Gasteiger partial charge is 0.508 e. The number of nitrogens with zero attached hydrogens (tertiary/aromatic N) is 2. The summed E-state index contributed by atoms with van der Waals surface area (Å²) in [5, 5.41) is 28.9. The number of carboxylic acid groups (broad SMARTS) is 2. The standard InChI is InChI=1S/C20H19NO5.C13H17NO3.C11H10ClNO.C11H11NO2.C9H10O4.C8H11NO.C4H5ClO.Cl3OP.H2O4S/c1-12-4-5-14-6-11-17(21-18(14)19(12)24-3)26-16-9-7-15(8-10-16)25-13(2)20(22)23;1-4-17-9-8-12(15)14-11-7-5-6-10(2)13(11)16-3;1-7-3-4-8-5-6-9(12)13-10(8)11(7)14-2;1-7-3-4-8-5-6-9(13)12-10(8)11(7)14-2;1-6(9(11)12)13-8-4-2-7(10)3-5-8;1-6-4-3-5-7(9)8(6)10-2;1-2-3-4(5)6;2*1-5(2,3)4/h4-11,13H,1-3H3,(H,22,23);5-9H,4H2,1-3H3,(H,14,15);3-6H,1-2H3;3-6H,1-2H3,(H,12,13);2-6,10H,1H3,(H,11,12);3-5H,9H2,1-2H3;2-3H,1H3;;(H2,1,2,3,4)/b;9-8+;;;;;3-2+;;. The summed E-state index contributed by atoms with van der Waals surface area (Å²) in [7, 11) is 3.40. The number of aromatic hydroxyl groups is 1. The summed E-state index contributed by atoms with van der Waals surface area (Å²) < 4.78 is 88.4. The highest BCUT2D eigenvalue weighted by molar-refractivity contribution is 8.24. The lowest BCUT2D eigenvalue weighted by molar-refractivity contribution is -0.145. The lowest BCUT2D eigenvalue weighted by Gasteiger charge is -2.12. The zero-order valence-corrected chi connectivity index (χ0v) is 67.6. The summed E-state index contributed by atoms with van der Waals surface area (Å²) in [5.74, 6) is 3.43. The van der Waals surface area contributed by atoms with Crippen molar-refractivity contribution in [1.29, 1.82) is 0 Å². The molecule has 0 saturated carbocycles. The van der Waals surface area contributed by atoms with Gasteiger partial charge >= 0.3 is 27.5 Å². The van der Waals surface area contributed by atoms with Crippen molar-refractivity contribution in [3.63, 3.8) is 0 Å². The molecule has 3 aromatic heterocycles. The molecule has 2 atom stereocenters. The normalized spacial score (nSPS) is 10.9. The first-order valence-corrected chi connectivity index (χ1v) is 38.7. The van der Waals surface area contributed by atoms with Gasteiger partial charge in [-0.15, -0.1) is 0 Å². The van der Waals surface area contributed by atoms with Crippen LogP contribution in [-0.4, -0.2) is 125 Å². The van der Waals surface area contributed by atoms with Gasteiger partial charge in [-0.25, -0.2) is 19.6 Å². The number of pyridine rings is 3. The fraction of sp³-hybridized carbons (Fsp3) is 0.224. The number of rotatable bonds is 18. The number of ether oxygens (including phenoxy) is 9. The SMILES string of the molecule is C/C=C/C(=O)Cl.CC(Oc1ccc(O)cc1)C(=O)O.CCO/C=C/C(=O)Nc1cccc(C)c1OC.COc1c(C)ccc2ccc(=O)[nH]c12.COc1c(C)ccc2ccc(Cl)nc12.COc1c(C)ccc2ccc(Oc3ccc(OC(C)C(=O)O)cc3)nc12.COc1c(C)cccc1N.O=P(Cl)(Cl)Cl.O=S(=O)(O)O. The van der Waals surface area contributed by atoms with Gasteiger partial charge in [-0.3, -0.25) is 28.1 Å². The highest BCUT2D eigenvalue weighted by Crippen LogP contribution is 2.61. The topological polar surface area (TPSA) is 400 Å². The fourth-order valence-electron chi connectivity index (χ4n) is 8.85. The van der Waals surface area contributed by atoms with Gasteiger partial charge in [0.25, 0.3) is 5.91 Å². The molecule has 7 aromatic carbocycles. The Balaban J connectivity index is 0.000000439. The number of methoxy groups -OCH3 is 5. The van der Waals surface area contributed by atoms with Crippen LogP contribution in [0, 0.1) is 34.6 Å². The van der Waals surface area contributed by atoms with Gasteiger partial charge < -0.3 is 74.0 Å². The van der Waals surface area contributed by atoms with Crippen LogP contribution in [0.2, 0.25) is 5.15 Å². The van der Waals surface area contributed by atoms with Gasteiger partial charge in [0.15, 0.2) is 12.2 Å². The summed E-state index contributed by atoms with van der Waals surface area (Å²) in [6, 6.07) is 46.5. The molecule has 0 saturated heterocycles. The lowest BCUT2D eigenvalue weighted by Crippen LogP contribution is -2.22. The Morgan fingerprint density at radius 1 is 0.582 bits per heavy atom. The number of anilines is 2. The van der Waals surface area contributed by atoms with Crippen molar-refractivity contribution in [2.45, 2.75) is 74.5 Å². The van der Waals surface area contributed by atoms with Crippen molar-refractivity contribution in [2.75, 3.05) is 53.2 Å². The van der Waals surface area contributed by atoms with E-state index in [2.05, 4.69) is 54.0 Å². The van der Waals surface area contributed by atoms with Crippen molar-refractivity contribution >= 4 is 140 Å². The van der Waals surface area contributed by atoms with E-state index in [0.717, 1.165) is 83.5 Å². The van der Waals surface area contributed by atoms with E-state index < -0.39 is 45.0 Å². The van der Waals surface area contributed by atoms with E-state index in [1.807, 2.05) is 120 Å². The number of phenols is 1. The number of benzene rings is 7. The van der Waals surface area contributed by atoms with Crippen LogP contribution in [0.5, 0.6) is 57.6 Å². The van der Waals surface area contributed by atoms with Gasteiger partial charge in [0.05, 0.1) is 65.3 Å². The Bertz CT molecular complexity index is 4900. The van der Waals surface area contributed by atoms with Gasteiger partial charge in [-0.05, 0) is 226 Å². The molecule has 34 heteroatoms. The van der Waals surface area contributed by atoms with Gasteiger partial charge in [0.1, 0.15) is 67.9 Å². The Labute approximate surface area is 660 Å². The second-order valence-electron chi connectivity index (χ2n) is 22.0. The Morgan fingerprint density at radius 2 is 0.991 bits per heavy atom. The second-order valence-corrected chi connectivity index (χ2v) is 30.3. The zero-order valence-electron chi connectivity index (χ0n) is 62.1. The summed E-state index contributed by atoms with van der Waals surface area (Å²) in [4.78, 5) is 65.2. The third-order valence-corrected chi connectivity index (χ3v) is 14.1. The van der Waals surface area contributed by atoms with E-state index in [-0.39, 0.29) is 17.2 Å². The molecule has 110 heavy (non-hydrogen) atoms. The minimum Gasteiger partial charge on any atom is -0.508 e. The molecule has 10 aromatic rings. The van der Waals surface area contributed by atoms with Crippen LogP contribution < -0.4 is 54.5 Å². The number of allylic oxidation sites excluding steroid dienone is 2. The minimum absolute atomic E-state index is 0.110. The average molecular weight is 1660 g/mol. The van der Waals surface area contributed by atoms with Gasteiger partial charge in [0.2, 0.25) is 16.7 Å². The first kappa shape index (κ1) is 95.6. The van der Waals surface area contributed by atoms with Gasteiger partial charge in [0, 0.05) is 34.4 Å². The molecular weight excluding hydrogens is 1580 g/mol. The number of aromatic amines is 1. The van der Waals surface area contributed by atoms with Crippen LogP contribution in [0.15, 0.2) is 187 Å². The van der Waals surface area contributed by atoms with E-state index in [1.165, 1.54) is 62.6 Å². The monoisotopic (exact) mass is 1660 g/mol. The highest BCUT2D eigenvalue weighted by atomic mass is 36.0. The fourth-order valence-corrected chi connectivity index (χ4v) is 9.12. The molecule has 9 N–H and O–H groups in total. The van der Waals surface area contributed by atoms with Crippen LogP contribution in [0.25, 0.3) is 32.7 Å². The van der Waals surface area contributed by atoms with Gasteiger partial charge in [-0.2, -0.15) is 8.42 Å². The zero-order chi connectivity index (χ0) is 83.0. The number of para-hydroxylation sites is 2. The summed E-state index contributed by atoms with van der Waals surface area (Å²) in [6.07, 6.45) is 3.80. The van der Waals surface area contributed by atoms with Crippen molar-refractivity contribution in [1.82, 2.24) is 15.0 Å². The smallest absolute Gasteiger partial charge is 0.394 e. The number of hydrogen-bond donors (Lipinski definition) is 8. The predicted molar refractivity (Wildman–Crippen MR) is 431 cm³/mol. The van der Waals surface area contributed by atoms with Crippen molar-refractivity contribution in [3.8, 4) is 57.6 Å². The van der Waals surface area contributed by atoms with E-state index in [1.54, 1.807) is 97.1 Å². The van der Waals surface area contributed by atoms with Crippen LogP contribution in [0.1, 0.15) is 55.5 Å². The van der Waals surface area contributed by atoms with Crippen LogP contribution in [0.4, 0.5) is 11.4 Å². The number of phenolic OH excluding ortho intramolecular Hbond substituents is 1. The number of nitrogens with two attached hydrogens (primary N) is 1. The van der Waals surface area contributed by atoms with E-state index in [9.17, 15) is 28.5 Å². The van der Waals surface area contributed by atoms with E-state index >= 15 is 0 Å². The molecule has 0 aliphatic carbocycles. The maximum absolute atomic E-state index is 11.5. The minimum atomic E-state index is -4.67. The summed E-state index contributed by atoms with van der Waals surface area (Å²) in [6.45, 7) is 16.8. The van der Waals surface area contributed by atoms with Gasteiger partial charge in [-0.1, -0.05) is 78.3 Å².